The van der Waals surface area contributed by atoms with Crippen molar-refractivity contribution in [1.82, 2.24) is 10.2 Å². The molecule has 2 aromatic carbocycles. The van der Waals surface area contributed by atoms with Gasteiger partial charge in [0, 0.05) is 24.5 Å². The van der Waals surface area contributed by atoms with Crippen LogP contribution in [0.4, 0.5) is 0 Å². The Kier molecular flexibility index (Phi) is 8.24. The number of benzene rings is 2. The lowest BCUT2D eigenvalue weighted by molar-refractivity contribution is -0.140. The summed E-state index contributed by atoms with van der Waals surface area (Å²) < 4.78 is 0.985. The molecule has 150 valence electrons. The van der Waals surface area contributed by atoms with Crippen LogP contribution in [-0.2, 0) is 22.6 Å². The van der Waals surface area contributed by atoms with Crippen molar-refractivity contribution in [2.75, 3.05) is 7.05 Å². The standard InChI is InChI=1S/C23H29BrN2O2/c1-16(2)20-10-5-18(6-11-20)9-14-22(27)26(17(3)23(28)25-4)15-19-7-12-21(24)13-8-19/h5-8,10-13,16-17H,9,14-15H2,1-4H3,(H,25,28)/t17-/m0/s1. The van der Waals surface area contributed by atoms with Crippen LogP contribution in [0, 0.1) is 0 Å². The minimum Gasteiger partial charge on any atom is -0.357 e. The summed E-state index contributed by atoms with van der Waals surface area (Å²) in [5.74, 6) is 0.309. The van der Waals surface area contributed by atoms with Crippen LogP contribution in [-0.4, -0.2) is 29.8 Å². The number of hydrogen-bond donors (Lipinski definition) is 1. The van der Waals surface area contributed by atoms with Gasteiger partial charge in [-0.25, -0.2) is 0 Å². The van der Waals surface area contributed by atoms with E-state index in [4.69, 9.17) is 0 Å². The average molecular weight is 445 g/mol. The first-order chi connectivity index (χ1) is 13.3. The first-order valence-corrected chi connectivity index (χ1v) is 10.5. The largest absolute Gasteiger partial charge is 0.357 e. The van der Waals surface area contributed by atoms with Crippen LogP contribution in [0.3, 0.4) is 0 Å². The smallest absolute Gasteiger partial charge is 0.242 e. The maximum atomic E-state index is 13.0. The second kappa shape index (κ2) is 10.4. The molecule has 2 aromatic rings. The van der Waals surface area contributed by atoms with E-state index in [2.05, 4.69) is 59.4 Å². The number of hydrogen-bond acceptors (Lipinski definition) is 2. The summed E-state index contributed by atoms with van der Waals surface area (Å²) in [5.41, 5.74) is 3.42. The van der Waals surface area contributed by atoms with Gasteiger partial charge >= 0.3 is 0 Å². The minimum atomic E-state index is -0.524. The highest BCUT2D eigenvalue weighted by atomic mass is 79.9. The number of aryl methyl sites for hydroxylation is 1. The Morgan fingerprint density at radius 3 is 2.07 bits per heavy atom. The second-order valence-corrected chi connectivity index (χ2v) is 8.25. The molecule has 0 fully saturated rings. The highest BCUT2D eigenvalue weighted by Gasteiger charge is 2.25. The summed E-state index contributed by atoms with van der Waals surface area (Å²) >= 11 is 3.42. The van der Waals surface area contributed by atoms with E-state index in [0.717, 1.165) is 15.6 Å². The molecule has 28 heavy (non-hydrogen) atoms. The van der Waals surface area contributed by atoms with E-state index < -0.39 is 6.04 Å². The Morgan fingerprint density at radius 2 is 1.54 bits per heavy atom. The molecule has 0 aliphatic rings. The second-order valence-electron chi connectivity index (χ2n) is 7.33. The Labute approximate surface area is 176 Å². The van der Waals surface area contributed by atoms with Crippen molar-refractivity contribution in [3.63, 3.8) is 0 Å². The molecule has 1 N–H and O–H groups in total. The van der Waals surface area contributed by atoms with Gasteiger partial charge in [-0.15, -0.1) is 0 Å². The summed E-state index contributed by atoms with van der Waals surface area (Å²) in [6, 6.07) is 15.7. The summed E-state index contributed by atoms with van der Waals surface area (Å²) in [6.45, 7) is 6.51. The van der Waals surface area contributed by atoms with Gasteiger partial charge < -0.3 is 10.2 Å². The molecule has 0 heterocycles. The van der Waals surface area contributed by atoms with Gasteiger partial charge in [0.15, 0.2) is 0 Å². The van der Waals surface area contributed by atoms with Crippen LogP contribution in [0.15, 0.2) is 53.0 Å². The number of likely N-dealkylation sites (N-methyl/N-ethyl adjacent to an activating group) is 1. The molecule has 2 rings (SSSR count). The van der Waals surface area contributed by atoms with E-state index >= 15 is 0 Å². The topological polar surface area (TPSA) is 49.4 Å². The Morgan fingerprint density at radius 1 is 0.964 bits per heavy atom. The lowest BCUT2D eigenvalue weighted by Crippen LogP contribution is -2.46. The van der Waals surface area contributed by atoms with Gasteiger partial charge in [-0.3, -0.25) is 9.59 Å². The van der Waals surface area contributed by atoms with Crippen LogP contribution in [0.1, 0.15) is 49.8 Å². The molecule has 0 spiro atoms. The molecule has 0 radical (unpaired) electrons. The number of amides is 2. The number of rotatable bonds is 8. The predicted molar refractivity (Wildman–Crippen MR) is 117 cm³/mol. The third-order valence-corrected chi connectivity index (χ3v) is 5.48. The lowest BCUT2D eigenvalue weighted by atomic mass is 10.00. The van der Waals surface area contributed by atoms with Gasteiger partial charge in [-0.05, 0) is 48.1 Å². The van der Waals surface area contributed by atoms with Gasteiger partial charge in [0.05, 0.1) is 0 Å². The molecule has 0 saturated carbocycles. The third kappa shape index (κ3) is 6.20. The maximum Gasteiger partial charge on any atom is 0.242 e. The van der Waals surface area contributed by atoms with E-state index in [9.17, 15) is 9.59 Å². The van der Waals surface area contributed by atoms with Crippen LogP contribution < -0.4 is 5.32 Å². The van der Waals surface area contributed by atoms with E-state index in [1.807, 2.05) is 24.3 Å². The maximum absolute atomic E-state index is 13.0. The first-order valence-electron chi connectivity index (χ1n) is 9.66. The van der Waals surface area contributed by atoms with Crippen molar-refractivity contribution < 1.29 is 9.59 Å². The van der Waals surface area contributed by atoms with E-state index in [-0.39, 0.29) is 11.8 Å². The molecule has 2 amide bonds. The summed E-state index contributed by atoms with van der Waals surface area (Å²) in [4.78, 5) is 26.8. The summed E-state index contributed by atoms with van der Waals surface area (Å²) in [5, 5.41) is 2.65. The van der Waals surface area contributed by atoms with Crippen LogP contribution in [0.2, 0.25) is 0 Å². The average Bonchev–Trinajstić information content (AvgIpc) is 2.70. The molecular weight excluding hydrogens is 416 g/mol. The quantitative estimate of drug-likeness (QED) is 0.642. The number of nitrogens with one attached hydrogen (secondary N) is 1. The van der Waals surface area contributed by atoms with Crippen molar-refractivity contribution in [3.8, 4) is 0 Å². The molecule has 0 unspecified atom stereocenters. The molecule has 0 aliphatic carbocycles. The van der Waals surface area contributed by atoms with Gasteiger partial charge in [-0.1, -0.05) is 66.2 Å². The fourth-order valence-corrected chi connectivity index (χ4v) is 3.31. The normalized spacial score (nSPS) is 11.9. The fourth-order valence-electron chi connectivity index (χ4n) is 3.04. The monoisotopic (exact) mass is 444 g/mol. The van der Waals surface area contributed by atoms with E-state index in [1.165, 1.54) is 5.56 Å². The number of halogens is 1. The molecule has 0 bridgehead atoms. The highest BCUT2D eigenvalue weighted by Crippen LogP contribution is 2.18. The SMILES string of the molecule is CNC(=O)[C@H](C)N(Cc1ccc(Br)cc1)C(=O)CCc1ccc(C(C)C)cc1. The zero-order chi connectivity index (χ0) is 20.7. The van der Waals surface area contributed by atoms with Crippen molar-refractivity contribution in [2.45, 2.75) is 52.1 Å². The lowest BCUT2D eigenvalue weighted by Gasteiger charge is -2.28. The van der Waals surface area contributed by atoms with Crippen LogP contribution >= 0.6 is 15.9 Å². The molecule has 0 aliphatic heterocycles. The van der Waals surface area contributed by atoms with Crippen molar-refractivity contribution in [2.24, 2.45) is 0 Å². The Hall–Kier alpha value is -2.14. The van der Waals surface area contributed by atoms with Gasteiger partial charge in [-0.2, -0.15) is 0 Å². The van der Waals surface area contributed by atoms with Crippen LogP contribution in [0.5, 0.6) is 0 Å². The van der Waals surface area contributed by atoms with E-state index in [0.29, 0.717) is 25.3 Å². The number of carbonyl (C=O) groups is 2. The number of nitrogens with zero attached hydrogens (tertiary/aromatic N) is 1. The molecule has 0 saturated heterocycles. The molecule has 0 aromatic heterocycles. The van der Waals surface area contributed by atoms with Crippen LogP contribution in [0.25, 0.3) is 0 Å². The third-order valence-electron chi connectivity index (χ3n) is 4.95. The van der Waals surface area contributed by atoms with Crippen molar-refractivity contribution >= 4 is 27.7 Å². The van der Waals surface area contributed by atoms with Gasteiger partial charge in [0.25, 0.3) is 0 Å². The molecule has 1 atom stereocenters. The summed E-state index contributed by atoms with van der Waals surface area (Å²) in [7, 11) is 1.59. The van der Waals surface area contributed by atoms with E-state index in [1.54, 1.807) is 18.9 Å². The zero-order valence-corrected chi connectivity index (χ0v) is 18.6. The van der Waals surface area contributed by atoms with Gasteiger partial charge in [0.2, 0.25) is 11.8 Å². The zero-order valence-electron chi connectivity index (χ0n) is 17.0. The molecular formula is C23H29BrN2O2. The fraction of sp³-hybridized carbons (Fsp3) is 0.391. The summed E-state index contributed by atoms with van der Waals surface area (Å²) in [6.07, 6.45) is 1.04. The molecule has 5 heteroatoms. The Balaban J connectivity index is 2.09. The van der Waals surface area contributed by atoms with Gasteiger partial charge in [0.1, 0.15) is 6.04 Å². The molecule has 4 nitrogen and oxygen atoms in total. The van der Waals surface area contributed by atoms with Crippen molar-refractivity contribution in [1.29, 1.82) is 0 Å². The predicted octanol–water partition coefficient (Wildman–Crippen LogP) is 4.67. The number of carbonyl (C=O) groups excluding carboxylic acids is 2. The van der Waals surface area contributed by atoms with Crippen molar-refractivity contribution in [3.05, 3.63) is 69.7 Å². The first kappa shape index (κ1) is 22.2. The minimum absolute atomic E-state index is 0.0213. The Bertz CT molecular complexity index is 785. The highest BCUT2D eigenvalue weighted by molar-refractivity contribution is 9.10.